The van der Waals surface area contributed by atoms with Crippen molar-refractivity contribution in [3.63, 3.8) is 0 Å². The summed E-state index contributed by atoms with van der Waals surface area (Å²) in [6.07, 6.45) is 5.78. The molecule has 2 rings (SSSR count). The Morgan fingerprint density at radius 3 is 2.87 bits per heavy atom. The van der Waals surface area contributed by atoms with Gasteiger partial charge in [-0.25, -0.2) is 13.4 Å². The van der Waals surface area contributed by atoms with Crippen molar-refractivity contribution in [2.45, 2.75) is 23.1 Å². The minimum Gasteiger partial charge on any atom is -0.315 e. The third-order valence-electron chi connectivity index (χ3n) is 2.52. The van der Waals surface area contributed by atoms with Crippen molar-refractivity contribution >= 4 is 9.84 Å². The molecule has 6 heteroatoms. The SMILES string of the molecule is O=S(=O)(c1cnccn1)[C@@H]1CCCNC1. The maximum absolute atomic E-state index is 12.0. The lowest BCUT2D eigenvalue weighted by Crippen LogP contribution is -2.39. The fraction of sp³-hybridized carbons (Fsp3) is 0.556. The number of hydrogen-bond donors (Lipinski definition) is 1. The van der Waals surface area contributed by atoms with Crippen LogP contribution in [-0.4, -0.2) is 36.7 Å². The van der Waals surface area contributed by atoms with Gasteiger partial charge in [0.25, 0.3) is 0 Å². The molecule has 0 saturated carbocycles. The lowest BCUT2D eigenvalue weighted by atomic mass is 10.2. The molecule has 0 bridgehead atoms. The molecule has 0 spiro atoms. The molecule has 1 aromatic heterocycles. The second-order valence-corrected chi connectivity index (χ2v) is 5.73. The van der Waals surface area contributed by atoms with Crippen LogP contribution in [-0.2, 0) is 9.84 Å². The van der Waals surface area contributed by atoms with Crippen molar-refractivity contribution in [1.82, 2.24) is 15.3 Å². The molecule has 1 fully saturated rings. The van der Waals surface area contributed by atoms with Gasteiger partial charge in [0, 0.05) is 18.9 Å². The summed E-state index contributed by atoms with van der Waals surface area (Å²) < 4.78 is 24.1. The molecule has 1 saturated heterocycles. The Morgan fingerprint density at radius 2 is 2.27 bits per heavy atom. The van der Waals surface area contributed by atoms with Crippen LogP contribution in [0.2, 0.25) is 0 Å². The lowest BCUT2D eigenvalue weighted by molar-refractivity contribution is 0.495. The molecule has 1 N–H and O–H groups in total. The average Bonchev–Trinajstić information content (AvgIpc) is 2.31. The third kappa shape index (κ3) is 2.15. The number of hydrogen-bond acceptors (Lipinski definition) is 5. The van der Waals surface area contributed by atoms with E-state index in [0.717, 1.165) is 13.0 Å². The van der Waals surface area contributed by atoms with Gasteiger partial charge in [0.2, 0.25) is 9.84 Å². The molecule has 15 heavy (non-hydrogen) atoms. The Labute approximate surface area is 88.9 Å². The number of rotatable bonds is 2. The van der Waals surface area contributed by atoms with Crippen molar-refractivity contribution in [2.24, 2.45) is 0 Å². The van der Waals surface area contributed by atoms with E-state index in [1.54, 1.807) is 0 Å². The summed E-state index contributed by atoms with van der Waals surface area (Å²) in [6.45, 7) is 1.41. The standard InChI is InChI=1S/C9H13N3O2S/c13-15(14,8-2-1-3-10-6-8)9-7-11-4-5-12-9/h4-5,7-8,10H,1-3,6H2/t8-/m1/s1. The molecule has 1 aromatic rings. The number of nitrogens with zero attached hydrogens (tertiary/aromatic N) is 2. The van der Waals surface area contributed by atoms with Crippen LogP contribution in [0.1, 0.15) is 12.8 Å². The molecule has 82 valence electrons. The summed E-state index contributed by atoms with van der Waals surface area (Å²) in [5, 5.41) is 2.81. The van der Waals surface area contributed by atoms with Crippen molar-refractivity contribution < 1.29 is 8.42 Å². The van der Waals surface area contributed by atoms with Crippen LogP contribution in [0, 0.1) is 0 Å². The minimum atomic E-state index is -3.30. The van der Waals surface area contributed by atoms with Gasteiger partial charge in [-0.1, -0.05) is 0 Å². The number of nitrogens with one attached hydrogen (secondary N) is 1. The van der Waals surface area contributed by atoms with E-state index in [2.05, 4.69) is 15.3 Å². The molecule has 2 heterocycles. The van der Waals surface area contributed by atoms with E-state index in [1.165, 1.54) is 18.6 Å². The maximum Gasteiger partial charge on any atom is 0.201 e. The lowest BCUT2D eigenvalue weighted by Gasteiger charge is -2.21. The monoisotopic (exact) mass is 227 g/mol. The molecule has 0 radical (unpaired) electrons. The van der Waals surface area contributed by atoms with Crippen LogP contribution in [0.3, 0.4) is 0 Å². The van der Waals surface area contributed by atoms with Gasteiger partial charge in [-0.15, -0.1) is 0 Å². The van der Waals surface area contributed by atoms with Crippen LogP contribution in [0.4, 0.5) is 0 Å². The van der Waals surface area contributed by atoms with Crippen molar-refractivity contribution in [2.75, 3.05) is 13.1 Å². The largest absolute Gasteiger partial charge is 0.315 e. The quantitative estimate of drug-likeness (QED) is 0.770. The topological polar surface area (TPSA) is 72.0 Å². The van der Waals surface area contributed by atoms with Crippen molar-refractivity contribution in [1.29, 1.82) is 0 Å². The van der Waals surface area contributed by atoms with E-state index < -0.39 is 9.84 Å². The van der Waals surface area contributed by atoms with Crippen LogP contribution in [0.25, 0.3) is 0 Å². The van der Waals surface area contributed by atoms with Gasteiger partial charge in [0.15, 0.2) is 5.03 Å². The molecule has 0 aliphatic carbocycles. The predicted octanol–water partition coefficient (Wildman–Crippen LogP) is 0.00230. The van der Waals surface area contributed by atoms with E-state index in [4.69, 9.17) is 0 Å². The Bertz CT molecular complexity index is 412. The van der Waals surface area contributed by atoms with Crippen LogP contribution < -0.4 is 5.32 Å². The van der Waals surface area contributed by atoms with Crippen molar-refractivity contribution in [3.8, 4) is 0 Å². The molecular weight excluding hydrogens is 214 g/mol. The fourth-order valence-corrected chi connectivity index (χ4v) is 3.26. The predicted molar refractivity (Wildman–Crippen MR) is 55.1 cm³/mol. The van der Waals surface area contributed by atoms with Gasteiger partial charge in [0.05, 0.1) is 11.4 Å². The zero-order valence-electron chi connectivity index (χ0n) is 8.26. The molecule has 0 unspecified atom stereocenters. The summed E-state index contributed by atoms with van der Waals surface area (Å²) >= 11 is 0. The Morgan fingerprint density at radius 1 is 1.40 bits per heavy atom. The Balaban J connectivity index is 2.26. The zero-order valence-corrected chi connectivity index (χ0v) is 9.07. The van der Waals surface area contributed by atoms with Gasteiger partial charge in [-0.3, -0.25) is 4.98 Å². The molecule has 1 aliphatic heterocycles. The zero-order chi connectivity index (χ0) is 10.7. The van der Waals surface area contributed by atoms with Gasteiger partial charge in [-0.05, 0) is 19.4 Å². The van der Waals surface area contributed by atoms with Crippen LogP contribution >= 0.6 is 0 Å². The highest BCUT2D eigenvalue weighted by Gasteiger charge is 2.29. The number of aromatic nitrogens is 2. The molecule has 1 aliphatic rings. The summed E-state index contributed by atoms with van der Waals surface area (Å²) in [5.41, 5.74) is 0. The third-order valence-corrected chi connectivity index (χ3v) is 4.60. The second-order valence-electron chi connectivity index (χ2n) is 3.56. The molecule has 5 nitrogen and oxygen atoms in total. The summed E-state index contributed by atoms with van der Waals surface area (Å²) in [4.78, 5) is 7.63. The van der Waals surface area contributed by atoms with E-state index in [9.17, 15) is 8.42 Å². The van der Waals surface area contributed by atoms with Crippen LogP contribution in [0.5, 0.6) is 0 Å². The first-order valence-corrected chi connectivity index (χ1v) is 6.46. The molecule has 0 amide bonds. The summed E-state index contributed by atoms with van der Waals surface area (Å²) in [7, 11) is -3.30. The molecule has 1 atom stereocenters. The molecular formula is C9H13N3O2S. The Kier molecular flexibility index (Phi) is 2.97. The van der Waals surface area contributed by atoms with Gasteiger partial charge in [0.1, 0.15) is 0 Å². The fourth-order valence-electron chi connectivity index (χ4n) is 1.69. The summed E-state index contributed by atoms with van der Waals surface area (Å²) in [5.74, 6) is 0. The highest BCUT2D eigenvalue weighted by atomic mass is 32.2. The first kappa shape index (κ1) is 10.5. The first-order valence-electron chi connectivity index (χ1n) is 4.92. The average molecular weight is 227 g/mol. The maximum atomic E-state index is 12.0. The molecule has 0 aromatic carbocycles. The number of sulfone groups is 1. The minimum absolute atomic E-state index is 0.0821. The van der Waals surface area contributed by atoms with Crippen LogP contribution in [0.15, 0.2) is 23.6 Å². The van der Waals surface area contributed by atoms with Gasteiger partial charge < -0.3 is 5.32 Å². The van der Waals surface area contributed by atoms with Gasteiger partial charge >= 0.3 is 0 Å². The summed E-state index contributed by atoms with van der Waals surface area (Å²) in [6, 6.07) is 0. The highest BCUT2D eigenvalue weighted by Crippen LogP contribution is 2.18. The van der Waals surface area contributed by atoms with E-state index in [-0.39, 0.29) is 10.3 Å². The Hall–Kier alpha value is -1.01. The first-order chi connectivity index (χ1) is 7.21. The van der Waals surface area contributed by atoms with Crippen molar-refractivity contribution in [3.05, 3.63) is 18.6 Å². The van der Waals surface area contributed by atoms with E-state index in [1.807, 2.05) is 0 Å². The highest BCUT2D eigenvalue weighted by molar-refractivity contribution is 7.92. The van der Waals surface area contributed by atoms with E-state index in [0.29, 0.717) is 13.0 Å². The smallest absolute Gasteiger partial charge is 0.201 e. The normalized spacial score (nSPS) is 22.5. The van der Waals surface area contributed by atoms with E-state index >= 15 is 0 Å². The van der Waals surface area contributed by atoms with Gasteiger partial charge in [-0.2, -0.15) is 0 Å². The number of piperidine rings is 1. The second kappa shape index (κ2) is 4.24.